The van der Waals surface area contributed by atoms with Gasteiger partial charge < -0.3 is 30.1 Å². The van der Waals surface area contributed by atoms with E-state index in [0.29, 0.717) is 16.9 Å². The van der Waals surface area contributed by atoms with Crippen molar-refractivity contribution >= 4 is 12.0 Å². The average molecular weight is 359 g/mol. The third kappa shape index (κ3) is 4.90. The number of hydrogen-bond acceptors (Lipinski definition) is 6. The zero-order valence-electron chi connectivity index (χ0n) is 14.5. The highest BCUT2D eigenvalue weighted by Crippen LogP contribution is 2.29. The molecule has 138 valence electrons. The number of ether oxygens (including phenoxy) is 2. The summed E-state index contributed by atoms with van der Waals surface area (Å²) in [6.45, 7) is -0.00397. The van der Waals surface area contributed by atoms with Gasteiger partial charge in [0, 0.05) is 12.6 Å². The van der Waals surface area contributed by atoms with E-state index in [1.54, 1.807) is 24.3 Å². The fourth-order valence-corrected chi connectivity index (χ4v) is 2.25. The topological polar surface area (TPSA) is 108 Å². The number of amides is 1. The molecule has 0 bridgehead atoms. The quantitative estimate of drug-likeness (QED) is 0.563. The Morgan fingerprint density at radius 2 is 1.69 bits per heavy atom. The highest BCUT2D eigenvalue weighted by molar-refractivity contribution is 5.91. The Balaban J connectivity index is 1.93. The predicted molar refractivity (Wildman–Crippen MR) is 96.3 cm³/mol. The number of nitrogens with one attached hydrogen (secondary N) is 1. The van der Waals surface area contributed by atoms with Crippen molar-refractivity contribution in [2.45, 2.75) is 6.10 Å². The molecular weight excluding hydrogens is 338 g/mol. The van der Waals surface area contributed by atoms with E-state index in [4.69, 9.17) is 9.47 Å². The number of methoxy groups -OCH3 is 2. The first-order valence-electron chi connectivity index (χ1n) is 7.82. The first-order chi connectivity index (χ1) is 12.4. The smallest absolute Gasteiger partial charge is 0.244 e. The molecule has 0 aliphatic carbocycles. The van der Waals surface area contributed by atoms with E-state index in [1.807, 2.05) is 0 Å². The third-order valence-electron chi connectivity index (χ3n) is 3.69. The van der Waals surface area contributed by atoms with Gasteiger partial charge in [0.1, 0.15) is 0 Å². The summed E-state index contributed by atoms with van der Waals surface area (Å²) in [5.74, 6) is 0.154. The maximum absolute atomic E-state index is 11.9. The van der Waals surface area contributed by atoms with Crippen LogP contribution in [0.5, 0.6) is 23.0 Å². The molecule has 2 rings (SSSR count). The molecule has 0 saturated heterocycles. The minimum absolute atomic E-state index is 0.00397. The Labute approximate surface area is 151 Å². The molecule has 1 amide bonds. The van der Waals surface area contributed by atoms with Crippen LogP contribution in [0.3, 0.4) is 0 Å². The van der Waals surface area contributed by atoms with E-state index in [0.717, 1.165) is 0 Å². The van der Waals surface area contributed by atoms with Crippen molar-refractivity contribution < 1.29 is 29.6 Å². The summed E-state index contributed by atoms with van der Waals surface area (Å²) in [6.07, 6.45) is 1.93. The lowest BCUT2D eigenvalue weighted by atomic mass is 10.1. The molecule has 0 saturated carbocycles. The molecule has 7 heteroatoms. The average Bonchev–Trinajstić information content (AvgIpc) is 2.65. The van der Waals surface area contributed by atoms with Crippen LogP contribution in [0.1, 0.15) is 17.2 Å². The number of carbonyl (C=O) groups excluding carboxylic acids is 1. The number of rotatable bonds is 7. The van der Waals surface area contributed by atoms with Crippen LogP contribution in [0.2, 0.25) is 0 Å². The summed E-state index contributed by atoms with van der Waals surface area (Å²) in [4.78, 5) is 11.9. The molecule has 0 heterocycles. The molecular formula is C19H21NO6. The molecule has 0 aliphatic heterocycles. The molecule has 0 spiro atoms. The molecule has 1 atom stereocenters. The van der Waals surface area contributed by atoms with Gasteiger partial charge in [-0.05, 0) is 41.5 Å². The van der Waals surface area contributed by atoms with Crippen LogP contribution < -0.4 is 14.8 Å². The first-order valence-corrected chi connectivity index (χ1v) is 7.82. The van der Waals surface area contributed by atoms with Crippen LogP contribution in [-0.2, 0) is 4.79 Å². The van der Waals surface area contributed by atoms with E-state index >= 15 is 0 Å². The van der Waals surface area contributed by atoms with Gasteiger partial charge in [-0.2, -0.15) is 0 Å². The van der Waals surface area contributed by atoms with E-state index in [2.05, 4.69) is 5.32 Å². The summed E-state index contributed by atoms with van der Waals surface area (Å²) >= 11 is 0. The van der Waals surface area contributed by atoms with Gasteiger partial charge in [-0.3, -0.25) is 4.79 Å². The third-order valence-corrected chi connectivity index (χ3v) is 3.69. The number of aromatic hydroxyl groups is 2. The Kier molecular flexibility index (Phi) is 6.46. The monoisotopic (exact) mass is 359 g/mol. The van der Waals surface area contributed by atoms with Gasteiger partial charge in [0.05, 0.1) is 20.3 Å². The lowest BCUT2D eigenvalue weighted by Gasteiger charge is -2.13. The van der Waals surface area contributed by atoms with Crippen molar-refractivity contribution in [3.05, 3.63) is 53.6 Å². The van der Waals surface area contributed by atoms with Gasteiger partial charge >= 0.3 is 0 Å². The molecule has 0 aromatic heterocycles. The molecule has 7 nitrogen and oxygen atoms in total. The molecule has 2 aromatic carbocycles. The van der Waals surface area contributed by atoms with E-state index in [-0.39, 0.29) is 29.7 Å². The number of phenolic OH excluding ortho intramolecular Hbond substituents is 2. The Hall–Kier alpha value is -3.19. The summed E-state index contributed by atoms with van der Waals surface area (Å²) in [5, 5.41) is 31.8. The van der Waals surface area contributed by atoms with Crippen LogP contribution in [-0.4, -0.2) is 42.0 Å². The summed E-state index contributed by atoms with van der Waals surface area (Å²) in [5.41, 5.74) is 1.19. The van der Waals surface area contributed by atoms with Crippen LogP contribution in [0.4, 0.5) is 0 Å². The maximum Gasteiger partial charge on any atom is 0.244 e. The van der Waals surface area contributed by atoms with Crippen LogP contribution >= 0.6 is 0 Å². The van der Waals surface area contributed by atoms with Crippen molar-refractivity contribution in [2.24, 2.45) is 0 Å². The largest absolute Gasteiger partial charge is 0.504 e. The molecule has 26 heavy (non-hydrogen) atoms. The Morgan fingerprint density at radius 3 is 2.35 bits per heavy atom. The van der Waals surface area contributed by atoms with E-state index in [9.17, 15) is 20.1 Å². The van der Waals surface area contributed by atoms with Crippen molar-refractivity contribution in [3.8, 4) is 23.0 Å². The van der Waals surface area contributed by atoms with Crippen molar-refractivity contribution in [1.29, 1.82) is 0 Å². The van der Waals surface area contributed by atoms with Gasteiger partial charge in [-0.25, -0.2) is 0 Å². The normalized spacial score (nSPS) is 12.0. The molecule has 0 unspecified atom stereocenters. The second kappa shape index (κ2) is 8.77. The number of aliphatic hydroxyl groups excluding tert-OH is 1. The second-order valence-electron chi connectivity index (χ2n) is 5.46. The number of aliphatic hydroxyl groups is 1. The predicted octanol–water partition coefficient (Wildman–Crippen LogP) is 1.98. The van der Waals surface area contributed by atoms with Crippen LogP contribution in [0.25, 0.3) is 6.08 Å². The lowest BCUT2D eigenvalue weighted by molar-refractivity contribution is -0.116. The lowest BCUT2D eigenvalue weighted by Crippen LogP contribution is -2.26. The second-order valence-corrected chi connectivity index (χ2v) is 5.46. The van der Waals surface area contributed by atoms with Crippen LogP contribution in [0, 0.1) is 0 Å². The SMILES string of the molecule is COc1cc(C=CC(=O)NC[C@H](O)c2ccc(O)c(OC)c2)ccc1O. The van der Waals surface area contributed by atoms with E-state index < -0.39 is 6.10 Å². The summed E-state index contributed by atoms with van der Waals surface area (Å²) < 4.78 is 9.99. The Morgan fingerprint density at radius 1 is 1.08 bits per heavy atom. The van der Waals surface area contributed by atoms with Gasteiger partial charge in [-0.15, -0.1) is 0 Å². The van der Waals surface area contributed by atoms with Gasteiger partial charge in [0.25, 0.3) is 0 Å². The zero-order valence-corrected chi connectivity index (χ0v) is 14.5. The number of benzene rings is 2. The van der Waals surface area contributed by atoms with E-state index in [1.165, 1.54) is 38.5 Å². The minimum Gasteiger partial charge on any atom is -0.504 e. The van der Waals surface area contributed by atoms with Crippen LogP contribution in [0.15, 0.2) is 42.5 Å². The van der Waals surface area contributed by atoms with Gasteiger partial charge in [-0.1, -0.05) is 12.1 Å². The molecule has 0 aliphatic rings. The molecule has 4 N–H and O–H groups in total. The standard InChI is InChI=1S/C19H21NO6/c1-25-17-9-12(3-6-14(17)21)4-8-19(24)20-11-16(23)13-5-7-15(22)18(10-13)26-2/h3-10,16,21-23H,11H2,1-2H3,(H,20,24)/t16-/m0/s1. The minimum atomic E-state index is -0.949. The maximum atomic E-state index is 11.9. The fraction of sp³-hybridized carbons (Fsp3) is 0.211. The molecule has 2 aromatic rings. The zero-order chi connectivity index (χ0) is 19.1. The Bertz CT molecular complexity index is 803. The number of phenols is 2. The number of carbonyl (C=O) groups is 1. The van der Waals surface area contributed by atoms with Crippen molar-refractivity contribution in [3.63, 3.8) is 0 Å². The summed E-state index contributed by atoms with van der Waals surface area (Å²) in [6, 6.07) is 9.17. The highest BCUT2D eigenvalue weighted by Gasteiger charge is 2.11. The summed E-state index contributed by atoms with van der Waals surface area (Å²) in [7, 11) is 2.85. The van der Waals surface area contributed by atoms with Gasteiger partial charge in [0.2, 0.25) is 5.91 Å². The molecule has 0 fully saturated rings. The fourth-order valence-electron chi connectivity index (χ4n) is 2.25. The highest BCUT2D eigenvalue weighted by atomic mass is 16.5. The van der Waals surface area contributed by atoms with Crippen molar-refractivity contribution in [2.75, 3.05) is 20.8 Å². The molecule has 0 radical (unpaired) electrons. The number of hydrogen-bond donors (Lipinski definition) is 4. The van der Waals surface area contributed by atoms with Gasteiger partial charge in [0.15, 0.2) is 23.0 Å². The first kappa shape index (κ1) is 19.1. The van der Waals surface area contributed by atoms with Crippen molar-refractivity contribution in [1.82, 2.24) is 5.32 Å².